The topological polar surface area (TPSA) is 102 Å². The smallest absolute Gasteiger partial charge is 0.234 e. The highest BCUT2D eigenvalue weighted by atomic mass is 32.2. The molecule has 0 fully saturated rings. The number of amides is 2. The van der Waals surface area contributed by atoms with Gasteiger partial charge in [-0.3, -0.25) is 14.6 Å². The molecule has 0 aliphatic rings. The monoisotopic (exact) mass is 396 g/mol. The number of benzene rings is 1. The van der Waals surface area contributed by atoms with Gasteiger partial charge in [-0.05, 0) is 37.3 Å². The van der Waals surface area contributed by atoms with Gasteiger partial charge in [0.1, 0.15) is 0 Å². The first-order chi connectivity index (χ1) is 13.6. The number of thioether (sulfide) groups is 1. The molecule has 2 heterocycles. The van der Waals surface area contributed by atoms with E-state index in [1.807, 2.05) is 23.6 Å². The van der Waals surface area contributed by atoms with Crippen molar-refractivity contribution >= 4 is 35.0 Å². The van der Waals surface area contributed by atoms with Gasteiger partial charge in [0.2, 0.25) is 11.8 Å². The fraction of sp³-hybridized carbons (Fsp3) is 0.211. The first-order valence-electron chi connectivity index (χ1n) is 8.70. The molecule has 3 rings (SSSR count). The Morgan fingerprint density at radius 1 is 1.07 bits per heavy atom. The van der Waals surface area contributed by atoms with Gasteiger partial charge in [-0.15, -0.1) is 10.2 Å². The molecule has 0 unspecified atom stereocenters. The van der Waals surface area contributed by atoms with E-state index in [9.17, 15) is 9.59 Å². The van der Waals surface area contributed by atoms with Crippen LogP contribution in [0.3, 0.4) is 0 Å². The zero-order valence-electron chi connectivity index (χ0n) is 15.5. The summed E-state index contributed by atoms with van der Waals surface area (Å²) in [6, 6.07) is 10.8. The molecule has 0 aliphatic carbocycles. The highest BCUT2D eigenvalue weighted by Crippen LogP contribution is 2.24. The fourth-order valence-corrected chi connectivity index (χ4v) is 3.40. The Kier molecular flexibility index (Phi) is 6.38. The minimum atomic E-state index is -0.166. The van der Waals surface area contributed by atoms with Gasteiger partial charge in [0.05, 0.1) is 5.75 Å². The van der Waals surface area contributed by atoms with Crippen LogP contribution in [0, 0.1) is 0 Å². The summed E-state index contributed by atoms with van der Waals surface area (Å²) in [4.78, 5) is 27.5. The Labute approximate surface area is 166 Å². The lowest BCUT2D eigenvalue weighted by molar-refractivity contribution is -0.114. The van der Waals surface area contributed by atoms with Crippen molar-refractivity contribution in [1.82, 2.24) is 19.7 Å². The first-order valence-corrected chi connectivity index (χ1v) is 9.69. The molecule has 0 radical (unpaired) electrons. The molecule has 2 amide bonds. The number of aromatic nitrogens is 4. The third-order valence-corrected chi connectivity index (χ3v) is 4.74. The predicted octanol–water partition coefficient (Wildman–Crippen LogP) is 3.05. The maximum atomic E-state index is 12.3. The molecular formula is C19H20N6O2S. The summed E-state index contributed by atoms with van der Waals surface area (Å²) in [7, 11) is 0. The summed E-state index contributed by atoms with van der Waals surface area (Å²) in [6.45, 7) is 4.13. The van der Waals surface area contributed by atoms with Crippen LogP contribution >= 0.6 is 11.8 Å². The Morgan fingerprint density at radius 2 is 1.79 bits per heavy atom. The molecule has 0 saturated heterocycles. The van der Waals surface area contributed by atoms with Crippen LogP contribution in [-0.4, -0.2) is 37.3 Å². The number of carbonyl (C=O) groups excluding carboxylic acids is 2. The highest BCUT2D eigenvalue weighted by Gasteiger charge is 2.14. The van der Waals surface area contributed by atoms with Crippen LogP contribution in [0.2, 0.25) is 0 Å². The number of anilines is 2. The molecule has 0 aliphatic heterocycles. The van der Waals surface area contributed by atoms with Gasteiger partial charge in [-0.25, -0.2) is 0 Å². The van der Waals surface area contributed by atoms with Crippen molar-refractivity contribution in [1.29, 1.82) is 0 Å². The van der Waals surface area contributed by atoms with Crippen molar-refractivity contribution in [2.24, 2.45) is 0 Å². The molecule has 28 heavy (non-hydrogen) atoms. The lowest BCUT2D eigenvalue weighted by Gasteiger charge is -2.09. The van der Waals surface area contributed by atoms with Crippen LogP contribution in [-0.2, 0) is 16.1 Å². The minimum Gasteiger partial charge on any atom is -0.326 e. The zero-order valence-corrected chi connectivity index (χ0v) is 16.4. The summed E-state index contributed by atoms with van der Waals surface area (Å²) in [5.41, 5.74) is 2.17. The van der Waals surface area contributed by atoms with Crippen molar-refractivity contribution in [2.45, 2.75) is 25.5 Å². The van der Waals surface area contributed by atoms with E-state index in [0.29, 0.717) is 23.1 Å². The minimum absolute atomic E-state index is 0.164. The van der Waals surface area contributed by atoms with Gasteiger partial charge in [-0.1, -0.05) is 17.8 Å². The number of hydrogen-bond donors (Lipinski definition) is 2. The molecular weight excluding hydrogens is 376 g/mol. The van der Waals surface area contributed by atoms with E-state index in [0.717, 1.165) is 11.4 Å². The van der Waals surface area contributed by atoms with Crippen LogP contribution in [0.5, 0.6) is 0 Å². The van der Waals surface area contributed by atoms with E-state index in [4.69, 9.17) is 0 Å². The van der Waals surface area contributed by atoms with Crippen molar-refractivity contribution in [2.75, 3.05) is 16.4 Å². The van der Waals surface area contributed by atoms with Crippen LogP contribution in [0.15, 0.2) is 53.9 Å². The molecule has 0 spiro atoms. The number of pyridine rings is 1. The molecule has 2 N–H and O–H groups in total. The molecule has 8 nitrogen and oxygen atoms in total. The summed E-state index contributed by atoms with van der Waals surface area (Å²) < 4.78 is 1.96. The Bertz CT molecular complexity index is 974. The van der Waals surface area contributed by atoms with E-state index in [2.05, 4.69) is 25.8 Å². The van der Waals surface area contributed by atoms with E-state index < -0.39 is 0 Å². The Hall–Kier alpha value is -3.20. The van der Waals surface area contributed by atoms with Gasteiger partial charge in [0, 0.05) is 42.8 Å². The average Bonchev–Trinajstić information content (AvgIpc) is 3.10. The summed E-state index contributed by atoms with van der Waals surface area (Å²) in [6.07, 6.45) is 3.42. The molecule has 9 heteroatoms. The van der Waals surface area contributed by atoms with Gasteiger partial charge < -0.3 is 15.2 Å². The van der Waals surface area contributed by atoms with E-state index in [1.165, 1.54) is 18.7 Å². The Balaban J connectivity index is 1.64. The second-order valence-corrected chi connectivity index (χ2v) is 6.83. The molecule has 0 bridgehead atoms. The second-order valence-electron chi connectivity index (χ2n) is 5.89. The third kappa shape index (κ3) is 4.95. The third-order valence-electron chi connectivity index (χ3n) is 3.77. The van der Waals surface area contributed by atoms with Gasteiger partial charge in [-0.2, -0.15) is 0 Å². The lowest BCUT2D eigenvalue weighted by Crippen LogP contribution is -2.15. The molecule has 3 aromatic rings. The largest absolute Gasteiger partial charge is 0.326 e. The maximum Gasteiger partial charge on any atom is 0.234 e. The van der Waals surface area contributed by atoms with Crippen LogP contribution < -0.4 is 10.6 Å². The normalized spacial score (nSPS) is 10.5. The molecule has 1 aromatic carbocycles. The number of rotatable bonds is 7. The Morgan fingerprint density at radius 3 is 2.46 bits per heavy atom. The summed E-state index contributed by atoms with van der Waals surface area (Å²) >= 11 is 1.32. The van der Waals surface area contributed by atoms with Crippen LogP contribution in [0.1, 0.15) is 13.8 Å². The van der Waals surface area contributed by atoms with E-state index >= 15 is 0 Å². The van der Waals surface area contributed by atoms with Crippen molar-refractivity contribution in [3.05, 3.63) is 48.8 Å². The number of nitrogens with zero attached hydrogens (tertiary/aromatic N) is 4. The number of hydrogen-bond acceptors (Lipinski definition) is 6. The van der Waals surface area contributed by atoms with Gasteiger partial charge >= 0.3 is 0 Å². The van der Waals surface area contributed by atoms with E-state index in [1.54, 1.807) is 36.7 Å². The average molecular weight is 396 g/mol. The van der Waals surface area contributed by atoms with Gasteiger partial charge in [0.25, 0.3) is 0 Å². The highest BCUT2D eigenvalue weighted by molar-refractivity contribution is 7.99. The second kappa shape index (κ2) is 9.14. The van der Waals surface area contributed by atoms with Crippen molar-refractivity contribution in [3.63, 3.8) is 0 Å². The predicted molar refractivity (Wildman–Crippen MR) is 109 cm³/mol. The van der Waals surface area contributed by atoms with Crippen LogP contribution in [0.4, 0.5) is 11.4 Å². The number of carbonyl (C=O) groups is 2. The fourth-order valence-electron chi connectivity index (χ4n) is 2.60. The molecule has 0 atom stereocenters. The standard InChI is InChI=1S/C19H20N6O2S/c1-3-25-18(14-7-9-20-10-8-14)23-24-19(25)28-12-17(27)22-16-6-4-5-15(11-16)21-13(2)26/h4-11H,3,12H2,1-2H3,(H,21,26)(H,22,27). The van der Waals surface area contributed by atoms with Crippen LogP contribution in [0.25, 0.3) is 11.4 Å². The summed E-state index contributed by atoms with van der Waals surface area (Å²) in [5, 5.41) is 14.7. The van der Waals surface area contributed by atoms with E-state index in [-0.39, 0.29) is 17.6 Å². The summed E-state index contributed by atoms with van der Waals surface area (Å²) in [5.74, 6) is 0.610. The van der Waals surface area contributed by atoms with Crippen molar-refractivity contribution in [3.8, 4) is 11.4 Å². The maximum absolute atomic E-state index is 12.3. The van der Waals surface area contributed by atoms with Gasteiger partial charge in [0.15, 0.2) is 11.0 Å². The number of nitrogens with one attached hydrogen (secondary N) is 2. The molecule has 2 aromatic heterocycles. The van der Waals surface area contributed by atoms with Crippen molar-refractivity contribution < 1.29 is 9.59 Å². The first kappa shape index (κ1) is 19.6. The quantitative estimate of drug-likeness (QED) is 0.595. The molecule has 0 saturated carbocycles. The SMILES string of the molecule is CCn1c(SCC(=O)Nc2cccc(NC(C)=O)c2)nnc1-c1ccncc1. The zero-order chi connectivity index (χ0) is 19.9. The lowest BCUT2D eigenvalue weighted by atomic mass is 10.2. The molecule has 144 valence electrons.